The Labute approximate surface area is 200 Å². The number of rotatable bonds is 6. The van der Waals surface area contributed by atoms with Gasteiger partial charge >= 0.3 is 0 Å². The number of fused-ring (bicyclic) bond motifs is 1. The maximum atomic E-state index is 13.0. The fraction of sp³-hybridized carbons (Fsp3) is 0.400. The molecule has 3 aliphatic rings. The molecule has 3 unspecified atom stereocenters. The number of nitrogens with one attached hydrogen (secondary N) is 1. The van der Waals surface area contributed by atoms with E-state index in [-0.39, 0.29) is 44.4 Å². The van der Waals surface area contributed by atoms with E-state index in [0.717, 1.165) is 10.5 Å². The molecule has 33 heavy (non-hydrogen) atoms. The van der Waals surface area contributed by atoms with Gasteiger partial charge in [0.1, 0.15) is 18.4 Å². The zero-order valence-corrected chi connectivity index (χ0v) is 17.7. The minimum atomic E-state index is -2.74. The highest BCUT2D eigenvalue weighted by atomic mass is 16.5. The second kappa shape index (κ2) is 9.33. The second-order valence-electron chi connectivity index (χ2n) is 8.03. The average molecular weight is 456 g/mol. The SMILES string of the molecule is [2H]C1OC([2H])([2H])C([2H])([2H])N(Cc2ccc(COc3cccc4c3CN(C3CCC(=O)NC3=O)C4=O)cc2)C1[2H]. The van der Waals surface area contributed by atoms with Gasteiger partial charge in [0, 0.05) is 41.2 Å². The van der Waals surface area contributed by atoms with Gasteiger partial charge in [0.25, 0.3) is 5.91 Å². The van der Waals surface area contributed by atoms with E-state index < -0.39 is 38.1 Å². The van der Waals surface area contributed by atoms with E-state index in [0.29, 0.717) is 22.4 Å². The summed E-state index contributed by atoms with van der Waals surface area (Å²) in [5, 5.41) is 2.29. The summed E-state index contributed by atoms with van der Waals surface area (Å²) in [7, 11) is 0. The van der Waals surface area contributed by atoms with E-state index in [4.69, 9.17) is 17.7 Å². The molecule has 2 fully saturated rings. The van der Waals surface area contributed by atoms with E-state index in [9.17, 15) is 14.4 Å². The van der Waals surface area contributed by atoms with Crippen LogP contribution in [0.2, 0.25) is 0 Å². The number of ether oxygens (including phenoxy) is 2. The van der Waals surface area contributed by atoms with Crippen LogP contribution in [0.5, 0.6) is 5.75 Å². The summed E-state index contributed by atoms with van der Waals surface area (Å²) in [6.07, 6.45) is 0.443. The molecule has 2 saturated heterocycles. The quantitative estimate of drug-likeness (QED) is 0.669. The molecule has 3 heterocycles. The van der Waals surface area contributed by atoms with Crippen molar-refractivity contribution in [3.05, 3.63) is 64.7 Å². The molecule has 0 spiro atoms. The Balaban J connectivity index is 1.25. The van der Waals surface area contributed by atoms with Gasteiger partial charge in [-0.15, -0.1) is 0 Å². The maximum Gasteiger partial charge on any atom is 0.255 e. The number of piperidine rings is 1. The van der Waals surface area contributed by atoms with Crippen LogP contribution in [0.15, 0.2) is 42.5 Å². The first kappa shape index (κ1) is 15.6. The Morgan fingerprint density at radius 1 is 1.12 bits per heavy atom. The highest BCUT2D eigenvalue weighted by Crippen LogP contribution is 2.34. The Morgan fingerprint density at radius 3 is 2.76 bits per heavy atom. The van der Waals surface area contributed by atoms with Gasteiger partial charge in [-0.1, -0.05) is 30.3 Å². The predicted molar refractivity (Wildman–Crippen MR) is 119 cm³/mol. The third kappa shape index (κ3) is 4.62. The third-order valence-corrected chi connectivity index (χ3v) is 5.87. The maximum absolute atomic E-state index is 13.0. The number of carbonyl (C=O) groups is 3. The first-order chi connectivity index (χ1) is 18.4. The smallest absolute Gasteiger partial charge is 0.255 e. The van der Waals surface area contributed by atoms with Gasteiger partial charge in [-0.2, -0.15) is 0 Å². The fourth-order valence-electron chi connectivity index (χ4n) is 4.14. The van der Waals surface area contributed by atoms with Crippen LogP contribution in [0.25, 0.3) is 0 Å². The summed E-state index contributed by atoms with van der Waals surface area (Å²) in [5.41, 5.74) is 2.52. The molecule has 0 aromatic heterocycles. The number of carbonyl (C=O) groups excluding carboxylic acids is 3. The highest BCUT2D eigenvalue weighted by molar-refractivity contribution is 6.05. The average Bonchev–Trinajstić information content (AvgIpc) is 3.21. The van der Waals surface area contributed by atoms with Crippen molar-refractivity contribution in [3.8, 4) is 5.75 Å². The van der Waals surface area contributed by atoms with Crippen molar-refractivity contribution in [2.45, 2.75) is 38.6 Å². The van der Waals surface area contributed by atoms with Crippen LogP contribution in [0, 0.1) is 0 Å². The third-order valence-electron chi connectivity index (χ3n) is 5.87. The Kier molecular flexibility index (Phi) is 4.40. The number of hydrogen-bond donors (Lipinski definition) is 1. The molecule has 0 aliphatic carbocycles. The van der Waals surface area contributed by atoms with E-state index in [1.807, 2.05) is 0 Å². The summed E-state index contributed by atoms with van der Waals surface area (Å²) in [6.45, 7) is -8.04. The van der Waals surface area contributed by atoms with Crippen LogP contribution >= 0.6 is 0 Å². The molecule has 2 aromatic carbocycles. The molecular formula is C25H27N3O5. The van der Waals surface area contributed by atoms with Crippen molar-refractivity contribution in [2.75, 3.05) is 26.2 Å². The van der Waals surface area contributed by atoms with Crippen LogP contribution in [-0.2, 0) is 34.0 Å². The van der Waals surface area contributed by atoms with Crippen LogP contribution in [0.4, 0.5) is 0 Å². The van der Waals surface area contributed by atoms with Crippen LogP contribution in [0.3, 0.4) is 0 Å². The normalized spacial score (nSPS) is 31.3. The summed E-state index contributed by atoms with van der Waals surface area (Å²) < 4.78 is 58.6. The molecule has 8 nitrogen and oxygen atoms in total. The van der Waals surface area contributed by atoms with Gasteiger partial charge in [-0.3, -0.25) is 24.6 Å². The van der Waals surface area contributed by atoms with E-state index in [1.54, 1.807) is 42.5 Å². The monoisotopic (exact) mass is 455 g/mol. The highest BCUT2D eigenvalue weighted by Gasteiger charge is 2.40. The molecule has 3 amide bonds. The molecule has 2 aromatic rings. The summed E-state index contributed by atoms with van der Waals surface area (Å²) in [6, 6.07) is 11.4. The number of benzene rings is 2. The first-order valence-corrected chi connectivity index (χ1v) is 10.7. The molecule has 8 heteroatoms. The van der Waals surface area contributed by atoms with Crippen LogP contribution in [0.1, 0.15) is 48.1 Å². The fourth-order valence-corrected chi connectivity index (χ4v) is 4.14. The van der Waals surface area contributed by atoms with Crippen LogP contribution in [-0.4, -0.2) is 59.7 Å². The van der Waals surface area contributed by atoms with Crippen molar-refractivity contribution in [2.24, 2.45) is 0 Å². The molecule has 3 aliphatic heterocycles. The lowest BCUT2D eigenvalue weighted by atomic mass is 10.0. The van der Waals surface area contributed by atoms with E-state index in [2.05, 4.69) is 5.32 Å². The summed E-state index contributed by atoms with van der Waals surface area (Å²) in [4.78, 5) is 39.2. The molecule has 5 rings (SSSR count). The zero-order valence-electron chi connectivity index (χ0n) is 23.7. The van der Waals surface area contributed by atoms with Gasteiger partial charge in [-0.25, -0.2) is 0 Å². The van der Waals surface area contributed by atoms with Crippen LogP contribution < -0.4 is 10.1 Å². The lowest BCUT2D eigenvalue weighted by Crippen LogP contribution is -2.52. The van der Waals surface area contributed by atoms with Gasteiger partial charge in [0.05, 0.1) is 23.8 Å². The molecule has 0 radical (unpaired) electrons. The number of hydrogen-bond acceptors (Lipinski definition) is 6. The summed E-state index contributed by atoms with van der Waals surface area (Å²) in [5.74, 6) is -0.613. The van der Waals surface area contributed by atoms with Gasteiger partial charge in [-0.05, 0) is 29.7 Å². The van der Waals surface area contributed by atoms with Gasteiger partial charge in [0.2, 0.25) is 11.8 Å². The van der Waals surface area contributed by atoms with Crippen molar-refractivity contribution < 1.29 is 32.1 Å². The van der Waals surface area contributed by atoms with Crippen molar-refractivity contribution in [3.63, 3.8) is 0 Å². The van der Waals surface area contributed by atoms with Crippen molar-refractivity contribution >= 4 is 17.7 Å². The Morgan fingerprint density at radius 2 is 1.94 bits per heavy atom. The number of morpholine rings is 1. The zero-order chi connectivity index (χ0) is 28.1. The lowest BCUT2D eigenvalue weighted by Gasteiger charge is -2.29. The molecule has 172 valence electrons. The summed E-state index contributed by atoms with van der Waals surface area (Å²) >= 11 is 0. The van der Waals surface area contributed by atoms with Gasteiger partial charge in [0.15, 0.2) is 0 Å². The number of imide groups is 1. The van der Waals surface area contributed by atoms with Gasteiger partial charge < -0.3 is 14.4 Å². The largest absolute Gasteiger partial charge is 0.489 e. The Hall–Kier alpha value is -3.23. The van der Waals surface area contributed by atoms with E-state index in [1.165, 1.54) is 4.90 Å². The number of nitrogens with zero attached hydrogens (tertiary/aromatic N) is 2. The molecular weight excluding hydrogens is 422 g/mol. The van der Waals surface area contributed by atoms with Crippen molar-refractivity contribution in [1.82, 2.24) is 15.1 Å². The molecule has 1 N–H and O–H groups in total. The Bertz CT molecular complexity index is 1310. The predicted octanol–water partition coefficient (Wildman–Crippen LogP) is 1.86. The second-order valence-corrected chi connectivity index (χ2v) is 8.03. The first-order valence-electron chi connectivity index (χ1n) is 13.8. The van der Waals surface area contributed by atoms with E-state index >= 15 is 0 Å². The topological polar surface area (TPSA) is 88.2 Å². The molecule has 3 atom stereocenters. The minimum Gasteiger partial charge on any atom is -0.489 e. The van der Waals surface area contributed by atoms with Crippen molar-refractivity contribution in [1.29, 1.82) is 0 Å². The molecule has 0 saturated carbocycles. The molecule has 0 bridgehead atoms. The standard InChI is InChI=1S/C25H27N3O5/c29-23-9-8-21(24(30)26-23)28-15-20-19(25(28)31)2-1-3-22(20)33-16-18-6-4-17(5-7-18)14-27-10-12-32-13-11-27/h1-7,21H,8-16H2,(H,26,29,30)/i10D,11D2,12D,13D2. The minimum absolute atomic E-state index is 0.0922. The lowest BCUT2D eigenvalue weighted by molar-refractivity contribution is -0.136. The number of amides is 3.